The summed E-state index contributed by atoms with van der Waals surface area (Å²) in [5, 5.41) is 11.2. The normalized spacial score (nSPS) is 13.3. The summed E-state index contributed by atoms with van der Waals surface area (Å²) in [4.78, 5) is 35.3. The summed E-state index contributed by atoms with van der Waals surface area (Å²) < 4.78 is 10.6. The van der Waals surface area contributed by atoms with E-state index in [9.17, 15) is 14.4 Å². The number of fused-ring (bicyclic) bond motifs is 3. The lowest BCUT2D eigenvalue weighted by molar-refractivity contribution is -0.148. The molecule has 2 aromatic rings. The van der Waals surface area contributed by atoms with E-state index < -0.39 is 24.1 Å². The highest BCUT2D eigenvalue weighted by atomic mass is 16.6. The molecular weight excluding hydrogens is 398 g/mol. The van der Waals surface area contributed by atoms with Crippen LogP contribution in [-0.2, 0) is 19.1 Å². The zero-order valence-corrected chi connectivity index (χ0v) is 17.7. The Balaban J connectivity index is 1.58. The topological polar surface area (TPSA) is 102 Å². The highest BCUT2D eigenvalue weighted by Gasteiger charge is 2.30. The number of amides is 1. The number of hydrogen-bond donors (Lipinski definition) is 2. The number of carboxylic acids is 1. The molecule has 0 saturated carbocycles. The molecule has 0 spiro atoms. The van der Waals surface area contributed by atoms with Crippen LogP contribution in [0.25, 0.3) is 11.1 Å². The Hall–Kier alpha value is -3.35. The van der Waals surface area contributed by atoms with Crippen LogP contribution < -0.4 is 5.32 Å². The van der Waals surface area contributed by atoms with E-state index in [2.05, 4.69) is 17.4 Å². The predicted molar refractivity (Wildman–Crippen MR) is 115 cm³/mol. The van der Waals surface area contributed by atoms with Gasteiger partial charge in [0.1, 0.15) is 12.6 Å². The van der Waals surface area contributed by atoms with E-state index in [1.807, 2.05) is 36.4 Å². The number of carboxylic acid groups (broad SMARTS) is 1. The first-order valence-electron chi connectivity index (χ1n) is 10.4. The predicted octanol–water partition coefficient (Wildman–Crippen LogP) is 3.96. The van der Waals surface area contributed by atoms with Crippen molar-refractivity contribution in [1.29, 1.82) is 0 Å². The Morgan fingerprint density at radius 1 is 0.968 bits per heavy atom. The van der Waals surface area contributed by atoms with Crippen molar-refractivity contribution >= 4 is 18.0 Å². The quantitative estimate of drug-likeness (QED) is 0.466. The van der Waals surface area contributed by atoms with Crippen molar-refractivity contribution in [2.45, 2.75) is 38.6 Å². The van der Waals surface area contributed by atoms with Crippen molar-refractivity contribution in [2.24, 2.45) is 5.92 Å². The van der Waals surface area contributed by atoms with E-state index in [1.165, 1.54) is 0 Å². The fourth-order valence-electron chi connectivity index (χ4n) is 3.75. The molecule has 31 heavy (non-hydrogen) atoms. The lowest BCUT2D eigenvalue weighted by Gasteiger charge is -2.21. The van der Waals surface area contributed by atoms with Crippen molar-refractivity contribution in [1.82, 2.24) is 5.32 Å². The first kappa shape index (κ1) is 22.3. The van der Waals surface area contributed by atoms with E-state index in [4.69, 9.17) is 14.6 Å². The van der Waals surface area contributed by atoms with Crippen LogP contribution in [0.2, 0.25) is 0 Å². The molecule has 0 aliphatic heterocycles. The van der Waals surface area contributed by atoms with Crippen LogP contribution >= 0.6 is 0 Å². The van der Waals surface area contributed by atoms with Crippen molar-refractivity contribution in [3.8, 4) is 11.1 Å². The number of alkyl carbamates (subject to hydrolysis) is 1. The lowest BCUT2D eigenvalue weighted by Crippen LogP contribution is -2.45. The van der Waals surface area contributed by atoms with Crippen molar-refractivity contribution < 1.29 is 29.0 Å². The minimum absolute atomic E-state index is 0.0132. The van der Waals surface area contributed by atoms with Crippen LogP contribution in [0, 0.1) is 5.92 Å². The molecule has 7 nitrogen and oxygen atoms in total. The Bertz CT molecular complexity index is 909. The van der Waals surface area contributed by atoms with Crippen LogP contribution in [-0.4, -0.2) is 42.4 Å². The van der Waals surface area contributed by atoms with Gasteiger partial charge in [-0.25, -0.2) is 9.59 Å². The smallest absolute Gasteiger partial charge is 0.407 e. The van der Waals surface area contributed by atoms with Crippen LogP contribution in [0.1, 0.15) is 43.7 Å². The average molecular weight is 425 g/mol. The van der Waals surface area contributed by atoms with E-state index in [1.54, 1.807) is 13.8 Å². The van der Waals surface area contributed by atoms with E-state index in [-0.39, 0.29) is 37.9 Å². The van der Waals surface area contributed by atoms with Crippen LogP contribution in [0.15, 0.2) is 48.5 Å². The van der Waals surface area contributed by atoms with Gasteiger partial charge in [-0.3, -0.25) is 4.79 Å². The Morgan fingerprint density at radius 3 is 2.10 bits per heavy atom. The number of esters is 1. The number of aliphatic carboxylic acids is 1. The minimum Gasteiger partial charge on any atom is -0.481 e. The van der Waals surface area contributed by atoms with E-state index in [0.29, 0.717) is 0 Å². The number of nitrogens with one attached hydrogen (secondary N) is 1. The summed E-state index contributed by atoms with van der Waals surface area (Å²) in [6.07, 6.45) is -0.556. The van der Waals surface area contributed by atoms with Gasteiger partial charge in [-0.2, -0.15) is 0 Å². The third-order valence-electron chi connectivity index (χ3n) is 5.32. The summed E-state index contributed by atoms with van der Waals surface area (Å²) in [6, 6.07) is 15.2. The van der Waals surface area contributed by atoms with Crippen LogP contribution in [0.5, 0.6) is 0 Å². The third-order valence-corrected chi connectivity index (χ3v) is 5.32. The van der Waals surface area contributed by atoms with Gasteiger partial charge in [0.15, 0.2) is 0 Å². The molecule has 2 aromatic carbocycles. The van der Waals surface area contributed by atoms with Gasteiger partial charge in [-0.05, 0) is 34.6 Å². The first-order valence-corrected chi connectivity index (χ1v) is 10.4. The fraction of sp³-hybridized carbons (Fsp3) is 0.375. The molecule has 0 fully saturated rings. The second-order valence-electron chi connectivity index (χ2n) is 7.86. The van der Waals surface area contributed by atoms with Gasteiger partial charge < -0.3 is 19.9 Å². The fourth-order valence-corrected chi connectivity index (χ4v) is 3.75. The minimum atomic E-state index is -0.951. The summed E-state index contributed by atoms with van der Waals surface area (Å²) >= 11 is 0. The molecule has 1 aliphatic rings. The van der Waals surface area contributed by atoms with Crippen molar-refractivity contribution in [2.75, 3.05) is 13.2 Å². The van der Waals surface area contributed by atoms with Gasteiger partial charge >= 0.3 is 18.0 Å². The zero-order chi connectivity index (χ0) is 22.4. The van der Waals surface area contributed by atoms with Gasteiger partial charge in [-0.1, -0.05) is 62.4 Å². The highest BCUT2D eigenvalue weighted by Crippen LogP contribution is 2.44. The molecule has 0 radical (unpaired) electrons. The Morgan fingerprint density at radius 2 is 1.55 bits per heavy atom. The lowest BCUT2D eigenvalue weighted by atomic mass is 9.98. The molecule has 0 saturated heterocycles. The molecular formula is C24H27NO6. The van der Waals surface area contributed by atoms with Gasteiger partial charge in [0.05, 0.1) is 6.61 Å². The first-order chi connectivity index (χ1) is 14.9. The van der Waals surface area contributed by atoms with Crippen molar-refractivity contribution in [3.63, 3.8) is 0 Å². The SMILES string of the molecule is CC(C)[C@H](NC(=O)OCC1c2ccccc2-c2ccccc21)C(=O)OCCCC(=O)O. The Labute approximate surface area is 181 Å². The van der Waals surface area contributed by atoms with Gasteiger partial charge in [0.2, 0.25) is 0 Å². The van der Waals surface area contributed by atoms with Gasteiger partial charge in [-0.15, -0.1) is 0 Å². The number of hydrogen-bond acceptors (Lipinski definition) is 5. The maximum Gasteiger partial charge on any atom is 0.407 e. The molecule has 0 aromatic heterocycles. The van der Waals surface area contributed by atoms with Crippen LogP contribution in [0.4, 0.5) is 4.79 Å². The van der Waals surface area contributed by atoms with Gasteiger partial charge in [0.25, 0.3) is 0 Å². The van der Waals surface area contributed by atoms with Gasteiger partial charge in [0, 0.05) is 12.3 Å². The molecule has 1 amide bonds. The monoisotopic (exact) mass is 425 g/mol. The summed E-state index contributed by atoms with van der Waals surface area (Å²) in [5.74, 6) is -1.84. The Kier molecular flexibility index (Phi) is 7.28. The summed E-state index contributed by atoms with van der Waals surface area (Å²) in [6.45, 7) is 3.71. The molecule has 1 aliphatic carbocycles. The third kappa shape index (κ3) is 5.42. The standard InChI is InChI=1S/C24H27NO6/c1-15(2)22(23(28)30-13-7-12-21(26)27)25-24(29)31-14-20-18-10-5-3-8-16(18)17-9-4-6-11-19(17)20/h3-6,8-11,15,20,22H,7,12-14H2,1-2H3,(H,25,29)(H,26,27)/t22-/m0/s1. The molecule has 0 unspecified atom stereocenters. The summed E-state index contributed by atoms with van der Waals surface area (Å²) in [7, 11) is 0. The van der Waals surface area contributed by atoms with E-state index >= 15 is 0 Å². The largest absolute Gasteiger partial charge is 0.481 e. The maximum atomic E-state index is 12.4. The molecule has 0 bridgehead atoms. The summed E-state index contributed by atoms with van der Waals surface area (Å²) in [5.41, 5.74) is 4.48. The van der Waals surface area contributed by atoms with Crippen molar-refractivity contribution in [3.05, 3.63) is 59.7 Å². The molecule has 7 heteroatoms. The number of carbonyl (C=O) groups is 3. The molecule has 3 rings (SSSR count). The number of rotatable bonds is 9. The van der Waals surface area contributed by atoms with E-state index in [0.717, 1.165) is 22.3 Å². The number of ether oxygens (including phenoxy) is 2. The zero-order valence-electron chi connectivity index (χ0n) is 17.7. The number of carbonyl (C=O) groups excluding carboxylic acids is 2. The maximum absolute atomic E-state index is 12.4. The average Bonchev–Trinajstić information content (AvgIpc) is 3.07. The molecule has 1 atom stereocenters. The highest BCUT2D eigenvalue weighted by molar-refractivity contribution is 5.82. The molecule has 2 N–H and O–H groups in total. The molecule has 0 heterocycles. The molecule has 164 valence electrons. The second-order valence-corrected chi connectivity index (χ2v) is 7.86. The second kappa shape index (κ2) is 10.1. The van der Waals surface area contributed by atoms with Crippen LogP contribution in [0.3, 0.4) is 0 Å². The number of benzene rings is 2.